The lowest BCUT2D eigenvalue weighted by atomic mass is 10.3. The Bertz CT molecular complexity index is 214. The van der Waals surface area contributed by atoms with E-state index in [-0.39, 0.29) is 5.92 Å². The molecule has 0 amide bonds. The van der Waals surface area contributed by atoms with Crippen LogP contribution in [0, 0.1) is 12.8 Å². The second-order valence-corrected chi connectivity index (χ2v) is 2.74. The number of nitrogens with zero attached hydrogens (tertiary/aromatic N) is 1. The van der Waals surface area contributed by atoms with Crippen molar-refractivity contribution in [2.45, 2.75) is 20.8 Å². The van der Waals surface area contributed by atoms with E-state index in [0.717, 1.165) is 12.0 Å². The maximum atomic E-state index is 9.50. The van der Waals surface area contributed by atoms with E-state index in [1.165, 1.54) is 0 Å². The topological polar surface area (TPSA) is 69.1 Å². The number of carbonyl (C=O) groups excluding carboxylic acids is 1. The lowest BCUT2D eigenvalue weighted by molar-refractivity contribution is -0.110. The number of anilines is 1. The van der Waals surface area contributed by atoms with Crippen molar-refractivity contribution in [3.8, 4) is 0 Å². The highest BCUT2D eigenvalue weighted by atomic mass is 16.5. The number of rotatable bonds is 1. The number of carbonyl (C=O) groups is 1. The minimum absolute atomic E-state index is 0.204. The van der Waals surface area contributed by atoms with E-state index in [1.54, 1.807) is 13.0 Å². The minimum Gasteiger partial charge on any atom is -0.381 e. The number of aryl methyl sites for hydroxylation is 1. The van der Waals surface area contributed by atoms with Crippen LogP contribution >= 0.6 is 0 Å². The van der Waals surface area contributed by atoms with E-state index in [4.69, 9.17) is 5.73 Å². The van der Waals surface area contributed by atoms with Gasteiger partial charge in [0.25, 0.3) is 0 Å². The van der Waals surface area contributed by atoms with Gasteiger partial charge in [-0.1, -0.05) is 19.0 Å². The first-order valence-corrected chi connectivity index (χ1v) is 3.70. The summed E-state index contributed by atoms with van der Waals surface area (Å²) in [4.78, 5) is 9.50. The van der Waals surface area contributed by atoms with Crippen molar-refractivity contribution in [3.05, 3.63) is 11.8 Å². The highest BCUT2D eigenvalue weighted by Crippen LogP contribution is 2.00. The molecule has 1 aromatic heterocycles. The lowest BCUT2D eigenvalue weighted by Gasteiger charge is -1.78. The Hall–Kier alpha value is -1.32. The van der Waals surface area contributed by atoms with Crippen LogP contribution < -0.4 is 5.73 Å². The molecule has 0 saturated carbocycles. The zero-order valence-electron chi connectivity index (χ0n) is 7.57. The Morgan fingerprint density at radius 1 is 1.67 bits per heavy atom. The molecule has 0 fully saturated rings. The smallest absolute Gasteiger partial charge is 0.167 e. The summed E-state index contributed by atoms with van der Waals surface area (Å²) in [6, 6.07) is 1.67. The van der Waals surface area contributed by atoms with Gasteiger partial charge in [0.2, 0.25) is 0 Å². The average Bonchev–Trinajstić information content (AvgIpc) is 2.36. The van der Waals surface area contributed by atoms with Crippen LogP contribution in [0.15, 0.2) is 10.6 Å². The molecule has 0 unspecified atom stereocenters. The molecule has 0 aliphatic heterocycles. The summed E-state index contributed by atoms with van der Waals surface area (Å²) in [5.74, 6) is 1.39. The normalized spacial score (nSPS) is 9.00. The molecule has 1 rings (SSSR count). The van der Waals surface area contributed by atoms with Crippen molar-refractivity contribution in [1.29, 1.82) is 0 Å². The van der Waals surface area contributed by atoms with Gasteiger partial charge in [0.1, 0.15) is 12.0 Å². The number of hydrogen-bond donors (Lipinski definition) is 1. The van der Waals surface area contributed by atoms with Gasteiger partial charge in [-0.05, 0) is 6.92 Å². The van der Waals surface area contributed by atoms with Gasteiger partial charge >= 0.3 is 0 Å². The summed E-state index contributed by atoms with van der Waals surface area (Å²) in [6.07, 6.45) is 0.917. The van der Waals surface area contributed by atoms with Gasteiger partial charge in [-0.3, -0.25) is 0 Å². The number of aldehydes is 1. The number of nitrogens with two attached hydrogens (primary N) is 1. The number of hydrogen-bond acceptors (Lipinski definition) is 4. The number of aromatic nitrogens is 1. The minimum atomic E-state index is 0.204. The van der Waals surface area contributed by atoms with Crippen molar-refractivity contribution < 1.29 is 9.32 Å². The van der Waals surface area contributed by atoms with Crippen LogP contribution in [0.5, 0.6) is 0 Å². The number of nitrogen functional groups attached to an aromatic ring is 1. The third-order valence-corrected chi connectivity index (χ3v) is 0.918. The van der Waals surface area contributed by atoms with E-state index >= 15 is 0 Å². The average molecular weight is 170 g/mol. The summed E-state index contributed by atoms with van der Waals surface area (Å²) in [7, 11) is 0. The third-order valence-electron chi connectivity index (χ3n) is 0.918. The monoisotopic (exact) mass is 170 g/mol. The van der Waals surface area contributed by atoms with E-state index in [2.05, 4.69) is 9.68 Å². The highest BCUT2D eigenvalue weighted by Gasteiger charge is 1.88. The quantitative estimate of drug-likeness (QED) is 0.647. The Balaban J connectivity index is 0.000000217. The van der Waals surface area contributed by atoms with Crippen molar-refractivity contribution in [2.75, 3.05) is 5.73 Å². The molecule has 2 N–H and O–H groups in total. The van der Waals surface area contributed by atoms with E-state index in [9.17, 15) is 4.79 Å². The van der Waals surface area contributed by atoms with Crippen LogP contribution in [0.1, 0.15) is 19.6 Å². The summed E-state index contributed by atoms with van der Waals surface area (Å²) in [6.45, 7) is 5.50. The van der Waals surface area contributed by atoms with E-state index in [0.29, 0.717) is 5.82 Å². The summed E-state index contributed by atoms with van der Waals surface area (Å²) in [5, 5.41) is 3.42. The van der Waals surface area contributed by atoms with Crippen LogP contribution in [0.4, 0.5) is 5.82 Å². The fraction of sp³-hybridized carbons (Fsp3) is 0.500. The predicted molar refractivity (Wildman–Crippen MR) is 46.6 cm³/mol. The molecule has 0 aliphatic rings. The zero-order valence-corrected chi connectivity index (χ0v) is 7.57. The van der Waals surface area contributed by atoms with Crippen LogP contribution in [-0.4, -0.2) is 11.4 Å². The van der Waals surface area contributed by atoms with Gasteiger partial charge in [-0.2, -0.15) is 0 Å². The molecule has 1 heterocycles. The Labute approximate surface area is 71.7 Å². The molecular formula is C8H14N2O2. The second kappa shape index (κ2) is 5.35. The van der Waals surface area contributed by atoms with Crippen molar-refractivity contribution >= 4 is 12.1 Å². The zero-order chi connectivity index (χ0) is 9.56. The van der Waals surface area contributed by atoms with Gasteiger partial charge in [0.05, 0.1) is 0 Å². The molecule has 12 heavy (non-hydrogen) atoms. The van der Waals surface area contributed by atoms with Crippen LogP contribution in [0.2, 0.25) is 0 Å². The summed E-state index contributed by atoms with van der Waals surface area (Å²) >= 11 is 0. The molecule has 0 atom stereocenters. The molecular weight excluding hydrogens is 156 g/mol. The molecule has 0 radical (unpaired) electrons. The molecule has 4 heteroatoms. The maximum Gasteiger partial charge on any atom is 0.167 e. The van der Waals surface area contributed by atoms with Gasteiger partial charge < -0.3 is 15.1 Å². The van der Waals surface area contributed by atoms with Crippen molar-refractivity contribution in [3.63, 3.8) is 0 Å². The van der Waals surface area contributed by atoms with Gasteiger partial charge in [-0.25, -0.2) is 0 Å². The lowest BCUT2D eigenvalue weighted by Crippen LogP contribution is -1.82. The van der Waals surface area contributed by atoms with Crippen LogP contribution in [-0.2, 0) is 4.79 Å². The molecule has 68 valence electrons. The Morgan fingerprint density at radius 2 is 2.17 bits per heavy atom. The first-order valence-electron chi connectivity index (χ1n) is 3.70. The van der Waals surface area contributed by atoms with Crippen LogP contribution in [0.3, 0.4) is 0 Å². The first kappa shape index (κ1) is 10.7. The fourth-order valence-corrected chi connectivity index (χ4v) is 0.386. The fourth-order valence-electron chi connectivity index (χ4n) is 0.386. The third kappa shape index (κ3) is 5.46. The Kier molecular flexibility index (Phi) is 4.76. The van der Waals surface area contributed by atoms with Crippen molar-refractivity contribution in [1.82, 2.24) is 5.16 Å². The maximum absolute atomic E-state index is 9.50. The molecule has 0 aliphatic carbocycles. The van der Waals surface area contributed by atoms with Gasteiger partial charge in [-0.15, -0.1) is 0 Å². The first-order chi connectivity index (χ1) is 5.56. The molecule has 1 aromatic rings. The molecule has 0 saturated heterocycles. The molecule has 0 aromatic carbocycles. The standard InChI is InChI=1S/C4H6N2O.C4H8O/c1-3-2-4(5)6-7-3;1-4(2)3-5/h2H,1H3,(H2,5,6);3-4H,1-2H3. The van der Waals surface area contributed by atoms with E-state index in [1.807, 2.05) is 13.8 Å². The molecule has 4 nitrogen and oxygen atoms in total. The largest absolute Gasteiger partial charge is 0.381 e. The Morgan fingerprint density at radius 3 is 2.25 bits per heavy atom. The molecule has 0 bridgehead atoms. The highest BCUT2D eigenvalue weighted by molar-refractivity contribution is 5.51. The molecule has 0 spiro atoms. The van der Waals surface area contributed by atoms with E-state index < -0.39 is 0 Å². The SMILES string of the molecule is CC(C)C=O.Cc1cc(N)no1. The second-order valence-electron chi connectivity index (χ2n) is 2.74. The van der Waals surface area contributed by atoms with Crippen molar-refractivity contribution in [2.24, 2.45) is 5.92 Å². The predicted octanol–water partition coefficient (Wildman–Crippen LogP) is 1.41. The summed E-state index contributed by atoms with van der Waals surface area (Å²) in [5.41, 5.74) is 5.17. The van der Waals surface area contributed by atoms with Gasteiger partial charge in [0, 0.05) is 12.0 Å². The summed E-state index contributed by atoms with van der Waals surface area (Å²) < 4.78 is 4.59. The van der Waals surface area contributed by atoms with Crippen LogP contribution in [0.25, 0.3) is 0 Å². The van der Waals surface area contributed by atoms with Gasteiger partial charge in [0.15, 0.2) is 5.82 Å².